The Kier molecular flexibility index (Phi) is 6.91. The fourth-order valence-corrected chi connectivity index (χ4v) is 3.80. The highest BCUT2D eigenvalue weighted by Crippen LogP contribution is 2.34. The SMILES string of the molecule is COCCN(CCOC)C1=C(c2cccs2)C(=O)N(Cc2ccccn2)C1=O. The van der Waals surface area contributed by atoms with Gasteiger partial charge in [0.25, 0.3) is 11.8 Å². The van der Waals surface area contributed by atoms with Crippen LogP contribution in [0, 0.1) is 0 Å². The highest BCUT2D eigenvalue weighted by molar-refractivity contribution is 7.11. The van der Waals surface area contributed by atoms with E-state index in [1.807, 2.05) is 28.5 Å². The molecule has 148 valence electrons. The molecular formula is C20H23N3O4S. The monoisotopic (exact) mass is 401 g/mol. The van der Waals surface area contributed by atoms with Gasteiger partial charge in [0.1, 0.15) is 5.70 Å². The van der Waals surface area contributed by atoms with E-state index < -0.39 is 0 Å². The van der Waals surface area contributed by atoms with Crippen LogP contribution in [0.4, 0.5) is 0 Å². The third kappa shape index (κ3) is 4.30. The van der Waals surface area contributed by atoms with E-state index in [1.165, 1.54) is 16.2 Å². The van der Waals surface area contributed by atoms with Crippen molar-refractivity contribution in [3.05, 3.63) is 58.2 Å². The van der Waals surface area contributed by atoms with Gasteiger partial charge in [0.05, 0.1) is 31.0 Å². The van der Waals surface area contributed by atoms with Gasteiger partial charge in [-0.25, -0.2) is 0 Å². The van der Waals surface area contributed by atoms with Gasteiger partial charge in [0, 0.05) is 38.4 Å². The molecule has 3 heterocycles. The number of amides is 2. The van der Waals surface area contributed by atoms with Crippen molar-refractivity contribution >= 4 is 28.7 Å². The van der Waals surface area contributed by atoms with E-state index in [-0.39, 0.29) is 18.4 Å². The second kappa shape index (κ2) is 9.59. The number of imide groups is 1. The number of aromatic nitrogens is 1. The van der Waals surface area contributed by atoms with Crippen molar-refractivity contribution in [3.63, 3.8) is 0 Å². The molecule has 8 heteroatoms. The molecule has 0 saturated heterocycles. The number of nitrogens with zero attached hydrogens (tertiary/aromatic N) is 3. The summed E-state index contributed by atoms with van der Waals surface area (Å²) in [5, 5.41) is 1.90. The topological polar surface area (TPSA) is 72.0 Å². The lowest BCUT2D eigenvalue weighted by atomic mass is 10.1. The average Bonchev–Trinajstić information content (AvgIpc) is 3.32. The second-order valence-electron chi connectivity index (χ2n) is 6.19. The number of methoxy groups -OCH3 is 2. The van der Waals surface area contributed by atoms with Gasteiger partial charge in [-0.15, -0.1) is 11.3 Å². The molecule has 0 bridgehead atoms. The van der Waals surface area contributed by atoms with E-state index >= 15 is 0 Å². The largest absolute Gasteiger partial charge is 0.383 e. The van der Waals surface area contributed by atoms with E-state index in [1.54, 1.807) is 32.5 Å². The van der Waals surface area contributed by atoms with E-state index in [4.69, 9.17) is 9.47 Å². The van der Waals surface area contributed by atoms with E-state index in [0.29, 0.717) is 43.3 Å². The van der Waals surface area contributed by atoms with Crippen LogP contribution < -0.4 is 0 Å². The zero-order valence-electron chi connectivity index (χ0n) is 16.0. The fourth-order valence-electron chi connectivity index (χ4n) is 3.04. The van der Waals surface area contributed by atoms with E-state index in [2.05, 4.69) is 4.98 Å². The number of pyridine rings is 1. The van der Waals surface area contributed by atoms with Gasteiger partial charge in [-0.2, -0.15) is 0 Å². The van der Waals surface area contributed by atoms with Crippen molar-refractivity contribution in [2.45, 2.75) is 6.54 Å². The molecule has 0 aliphatic carbocycles. The Bertz CT molecular complexity index is 828. The molecule has 0 radical (unpaired) electrons. The van der Waals surface area contributed by atoms with Gasteiger partial charge in [-0.05, 0) is 23.6 Å². The molecule has 2 amide bonds. The molecule has 0 saturated carbocycles. The van der Waals surface area contributed by atoms with Crippen molar-refractivity contribution in [3.8, 4) is 0 Å². The Labute approximate surface area is 168 Å². The smallest absolute Gasteiger partial charge is 0.278 e. The van der Waals surface area contributed by atoms with Gasteiger partial charge in [0.2, 0.25) is 0 Å². The minimum Gasteiger partial charge on any atom is -0.383 e. The molecule has 28 heavy (non-hydrogen) atoms. The quantitative estimate of drug-likeness (QED) is 0.567. The molecule has 2 aromatic rings. The molecule has 0 aromatic carbocycles. The van der Waals surface area contributed by atoms with Gasteiger partial charge < -0.3 is 14.4 Å². The normalized spacial score (nSPS) is 14.3. The highest BCUT2D eigenvalue weighted by atomic mass is 32.1. The summed E-state index contributed by atoms with van der Waals surface area (Å²) in [5.74, 6) is -0.612. The van der Waals surface area contributed by atoms with Crippen LogP contribution >= 0.6 is 11.3 Å². The minimum atomic E-state index is -0.314. The zero-order chi connectivity index (χ0) is 19.9. The Morgan fingerprint density at radius 1 is 1.04 bits per heavy atom. The molecule has 2 aromatic heterocycles. The third-order valence-electron chi connectivity index (χ3n) is 4.40. The number of thiophene rings is 1. The maximum atomic E-state index is 13.3. The number of hydrogen-bond acceptors (Lipinski definition) is 7. The summed E-state index contributed by atoms with van der Waals surface area (Å²) in [4.78, 5) is 34.7. The predicted octanol–water partition coefficient (Wildman–Crippen LogP) is 2.02. The summed E-state index contributed by atoms with van der Waals surface area (Å²) < 4.78 is 10.4. The van der Waals surface area contributed by atoms with Crippen molar-refractivity contribution < 1.29 is 19.1 Å². The number of carbonyl (C=O) groups is 2. The van der Waals surface area contributed by atoms with E-state index in [9.17, 15) is 9.59 Å². The summed E-state index contributed by atoms with van der Waals surface area (Å²) in [6, 6.07) is 9.18. The third-order valence-corrected chi connectivity index (χ3v) is 5.29. The molecule has 0 N–H and O–H groups in total. The molecular weight excluding hydrogens is 378 g/mol. The van der Waals surface area contributed by atoms with Crippen LogP contribution in [0.5, 0.6) is 0 Å². The Morgan fingerprint density at radius 3 is 2.36 bits per heavy atom. The highest BCUT2D eigenvalue weighted by Gasteiger charge is 2.42. The van der Waals surface area contributed by atoms with Crippen molar-refractivity contribution in [2.75, 3.05) is 40.5 Å². The average molecular weight is 401 g/mol. The summed E-state index contributed by atoms with van der Waals surface area (Å²) in [6.45, 7) is 1.99. The fraction of sp³-hybridized carbons (Fsp3) is 0.350. The van der Waals surface area contributed by atoms with Crippen molar-refractivity contribution in [2.24, 2.45) is 0 Å². The second-order valence-corrected chi connectivity index (χ2v) is 7.14. The zero-order valence-corrected chi connectivity index (χ0v) is 16.8. The molecule has 7 nitrogen and oxygen atoms in total. The first-order valence-corrected chi connectivity index (χ1v) is 9.82. The minimum absolute atomic E-state index is 0.138. The summed E-state index contributed by atoms with van der Waals surface area (Å²) in [6.07, 6.45) is 1.65. The van der Waals surface area contributed by atoms with Crippen LogP contribution in [0.25, 0.3) is 5.57 Å². The molecule has 3 rings (SSSR count). The molecule has 0 atom stereocenters. The van der Waals surface area contributed by atoms with E-state index in [0.717, 1.165) is 4.88 Å². The van der Waals surface area contributed by atoms with Crippen LogP contribution in [0.3, 0.4) is 0 Å². The first-order chi connectivity index (χ1) is 13.7. The standard InChI is InChI=1S/C20H23N3O4S/c1-26-11-9-22(10-12-27-2)18-17(16-7-5-13-28-16)19(24)23(20(18)25)14-15-6-3-4-8-21-15/h3-8,13H,9-12,14H2,1-2H3. The Morgan fingerprint density at radius 2 is 1.79 bits per heavy atom. The lowest BCUT2D eigenvalue weighted by molar-refractivity contribution is -0.138. The lowest BCUT2D eigenvalue weighted by Gasteiger charge is -2.25. The number of carbonyl (C=O) groups excluding carboxylic acids is 2. The number of hydrogen-bond donors (Lipinski definition) is 0. The first-order valence-electron chi connectivity index (χ1n) is 8.94. The number of rotatable bonds is 10. The molecule has 0 fully saturated rings. The van der Waals surface area contributed by atoms with Crippen LogP contribution in [-0.4, -0.2) is 67.1 Å². The van der Waals surface area contributed by atoms with Gasteiger partial charge in [-0.3, -0.25) is 19.5 Å². The molecule has 0 spiro atoms. The molecule has 1 aliphatic heterocycles. The first kappa shape index (κ1) is 20.2. The molecule has 0 unspecified atom stereocenters. The van der Waals surface area contributed by atoms with Crippen LogP contribution in [0.15, 0.2) is 47.6 Å². The van der Waals surface area contributed by atoms with Crippen LogP contribution in [0.2, 0.25) is 0 Å². The van der Waals surface area contributed by atoms with Gasteiger partial charge in [-0.1, -0.05) is 12.1 Å². The Hall–Kier alpha value is -2.55. The van der Waals surface area contributed by atoms with Crippen LogP contribution in [-0.2, 0) is 25.6 Å². The maximum absolute atomic E-state index is 13.3. The van der Waals surface area contributed by atoms with Gasteiger partial charge in [0.15, 0.2) is 0 Å². The molecule has 1 aliphatic rings. The number of ether oxygens (including phenoxy) is 2. The summed E-state index contributed by atoms with van der Waals surface area (Å²) in [7, 11) is 3.22. The summed E-state index contributed by atoms with van der Waals surface area (Å²) >= 11 is 1.44. The van der Waals surface area contributed by atoms with Crippen molar-refractivity contribution in [1.82, 2.24) is 14.8 Å². The predicted molar refractivity (Wildman–Crippen MR) is 106 cm³/mol. The summed E-state index contributed by atoms with van der Waals surface area (Å²) in [5.41, 5.74) is 1.50. The Balaban J connectivity index is 1.98. The maximum Gasteiger partial charge on any atom is 0.278 e. The van der Waals surface area contributed by atoms with Crippen molar-refractivity contribution in [1.29, 1.82) is 0 Å². The lowest BCUT2D eigenvalue weighted by Crippen LogP contribution is -2.37. The van der Waals surface area contributed by atoms with Gasteiger partial charge >= 0.3 is 0 Å². The van der Waals surface area contributed by atoms with Crippen LogP contribution in [0.1, 0.15) is 10.6 Å².